The van der Waals surface area contributed by atoms with E-state index in [0.717, 1.165) is 29.8 Å². The van der Waals surface area contributed by atoms with Crippen molar-refractivity contribution in [3.05, 3.63) is 47.5 Å². The fourth-order valence-electron chi connectivity index (χ4n) is 4.47. The van der Waals surface area contributed by atoms with Crippen LogP contribution in [0.5, 0.6) is 17.2 Å². The van der Waals surface area contributed by atoms with Gasteiger partial charge in [-0.3, -0.25) is 4.79 Å². The summed E-state index contributed by atoms with van der Waals surface area (Å²) in [6, 6.07) is 11.7. The molecular weight excluding hydrogens is 332 g/mol. The normalized spacial score (nSPS) is 25.9. The third kappa shape index (κ3) is 1.99. The lowest BCUT2D eigenvalue weighted by atomic mass is 9.73. The van der Waals surface area contributed by atoms with E-state index in [4.69, 9.17) is 14.2 Å². The Balaban J connectivity index is 1.66. The van der Waals surface area contributed by atoms with E-state index in [1.165, 1.54) is 0 Å². The molecule has 0 aliphatic carbocycles. The molecule has 3 aliphatic rings. The van der Waals surface area contributed by atoms with Crippen LogP contribution in [0.4, 0.5) is 5.69 Å². The number of benzene rings is 2. The predicted molar refractivity (Wildman–Crippen MR) is 96.1 cm³/mol. The SMILES string of the molecule is COc1cc([C@@H]2NCC[C@]23C(=O)Nc2ccccc23)cc2c1OCCO2. The molecule has 0 unspecified atom stereocenters. The molecule has 0 saturated carbocycles. The van der Waals surface area contributed by atoms with Crippen LogP contribution in [0.3, 0.4) is 0 Å². The molecule has 6 heteroatoms. The summed E-state index contributed by atoms with van der Waals surface area (Å²) in [5.41, 5.74) is 2.30. The van der Waals surface area contributed by atoms with Gasteiger partial charge < -0.3 is 24.8 Å². The fraction of sp³-hybridized carbons (Fsp3) is 0.350. The first kappa shape index (κ1) is 15.5. The van der Waals surface area contributed by atoms with Crippen LogP contribution in [-0.4, -0.2) is 32.8 Å². The number of anilines is 1. The number of amides is 1. The predicted octanol–water partition coefficient (Wildman–Crippen LogP) is 2.39. The summed E-state index contributed by atoms with van der Waals surface area (Å²) < 4.78 is 17.0. The molecule has 0 bridgehead atoms. The molecule has 1 fully saturated rings. The maximum Gasteiger partial charge on any atom is 0.237 e. The third-order valence-corrected chi connectivity index (χ3v) is 5.61. The van der Waals surface area contributed by atoms with Gasteiger partial charge in [-0.15, -0.1) is 0 Å². The van der Waals surface area contributed by atoms with Crippen LogP contribution in [0.1, 0.15) is 23.6 Å². The molecule has 1 saturated heterocycles. The Morgan fingerprint density at radius 3 is 2.92 bits per heavy atom. The highest BCUT2D eigenvalue weighted by Gasteiger charge is 2.55. The molecule has 6 nitrogen and oxygen atoms in total. The molecule has 134 valence electrons. The van der Waals surface area contributed by atoms with E-state index in [9.17, 15) is 4.79 Å². The molecule has 2 aromatic carbocycles. The van der Waals surface area contributed by atoms with Crippen molar-refractivity contribution in [3.8, 4) is 17.2 Å². The minimum absolute atomic E-state index is 0.0440. The molecule has 1 amide bonds. The van der Waals surface area contributed by atoms with E-state index in [-0.39, 0.29) is 11.9 Å². The Morgan fingerprint density at radius 2 is 2.04 bits per heavy atom. The van der Waals surface area contributed by atoms with Gasteiger partial charge in [0, 0.05) is 5.69 Å². The Morgan fingerprint density at radius 1 is 1.19 bits per heavy atom. The highest BCUT2D eigenvalue weighted by Crippen LogP contribution is 2.53. The Kier molecular flexibility index (Phi) is 3.37. The number of nitrogens with one attached hydrogen (secondary N) is 2. The highest BCUT2D eigenvalue weighted by molar-refractivity contribution is 6.07. The van der Waals surface area contributed by atoms with E-state index in [0.29, 0.717) is 30.5 Å². The van der Waals surface area contributed by atoms with Crippen molar-refractivity contribution in [2.24, 2.45) is 0 Å². The Hall–Kier alpha value is -2.73. The number of hydrogen-bond acceptors (Lipinski definition) is 5. The van der Waals surface area contributed by atoms with Crippen LogP contribution in [0, 0.1) is 0 Å². The van der Waals surface area contributed by atoms with Crippen LogP contribution in [0.25, 0.3) is 0 Å². The molecule has 2 atom stereocenters. The van der Waals surface area contributed by atoms with Gasteiger partial charge in [-0.2, -0.15) is 0 Å². The van der Waals surface area contributed by atoms with E-state index in [1.54, 1.807) is 7.11 Å². The van der Waals surface area contributed by atoms with Crippen molar-refractivity contribution in [2.45, 2.75) is 17.9 Å². The minimum Gasteiger partial charge on any atom is -0.493 e. The molecule has 0 aromatic heterocycles. The van der Waals surface area contributed by atoms with Gasteiger partial charge in [-0.25, -0.2) is 0 Å². The summed E-state index contributed by atoms with van der Waals surface area (Å²) in [5.74, 6) is 1.97. The zero-order valence-corrected chi connectivity index (χ0v) is 14.5. The van der Waals surface area contributed by atoms with Gasteiger partial charge in [0.25, 0.3) is 0 Å². The Bertz CT molecular complexity index is 880. The summed E-state index contributed by atoms with van der Waals surface area (Å²) in [7, 11) is 1.62. The first-order valence-corrected chi connectivity index (χ1v) is 8.86. The monoisotopic (exact) mass is 352 g/mol. The van der Waals surface area contributed by atoms with Crippen LogP contribution in [-0.2, 0) is 10.2 Å². The average Bonchev–Trinajstić information content (AvgIpc) is 3.24. The first-order valence-electron chi connectivity index (χ1n) is 8.86. The summed E-state index contributed by atoms with van der Waals surface area (Å²) in [5, 5.41) is 6.58. The summed E-state index contributed by atoms with van der Waals surface area (Å²) >= 11 is 0. The van der Waals surface area contributed by atoms with E-state index in [2.05, 4.69) is 10.6 Å². The molecule has 0 radical (unpaired) electrons. The maximum absolute atomic E-state index is 13.0. The van der Waals surface area contributed by atoms with Crippen molar-refractivity contribution in [1.29, 1.82) is 0 Å². The van der Waals surface area contributed by atoms with Gasteiger partial charge in [0.1, 0.15) is 13.2 Å². The number of methoxy groups -OCH3 is 1. The van der Waals surface area contributed by atoms with Gasteiger partial charge in [-0.05, 0) is 42.3 Å². The molecule has 3 heterocycles. The van der Waals surface area contributed by atoms with E-state index in [1.807, 2.05) is 36.4 Å². The number of carbonyl (C=O) groups is 1. The minimum atomic E-state index is -0.620. The van der Waals surface area contributed by atoms with E-state index < -0.39 is 5.41 Å². The molecule has 5 rings (SSSR count). The number of para-hydroxylation sites is 1. The molecule has 26 heavy (non-hydrogen) atoms. The molecular formula is C20H20N2O4. The van der Waals surface area contributed by atoms with Gasteiger partial charge >= 0.3 is 0 Å². The topological polar surface area (TPSA) is 68.8 Å². The Labute approximate surface area is 151 Å². The number of rotatable bonds is 2. The number of fused-ring (bicyclic) bond motifs is 3. The van der Waals surface area contributed by atoms with Crippen molar-refractivity contribution < 1.29 is 19.0 Å². The first-order chi connectivity index (χ1) is 12.7. The molecule has 3 aliphatic heterocycles. The van der Waals surface area contributed by atoms with Crippen LogP contribution < -0.4 is 24.8 Å². The van der Waals surface area contributed by atoms with Crippen molar-refractivity contribution >= 4 is 11.6 Å². The lowest BCUT2D eigenvalue weighted by molar-refractivity contribution is -0.121. The van der Waals surface area contributed by atoms with Crippen molar-refractivity contribution in [1.82, 2.24) is 5.32 Å². The summed E-state index contributed by atoms with van der Waals surface area (Å²) in [4.78, 5) is 13.0. The van der Waals surface area contributed by atoms with Gasteiger partial charge in [0.05, 0.1) is 18.6 Å². The average molecular weight is 352 g/mol. The maximum atomic E-state index is 13.0. The second kappa shape index (κ2) is 5.64. The molecule has 2 N–H and O–H groups in total. The summed E-state index contributed by atoms with van der Waals surface area (Å²) in [6.45, 7) is 1.78. The van der Waals surface area contributed by atoms with E-state index >= 15 is 0 Å². The third-order valence-electron chi connectivity index (χ3n) is 5.61. The van der Waals surface area contributed by atoms with Crippen molar-refractivity contribution in [2.75, 3.05) is 32.2 Å². The number of carbonyl (C=O) groups excluding carboxylic acids is 1. The van der Waals surface area contributed by atoms with Gasteiger partial charge in [0.2, 0.25) is 11.7 Å². The zero-order chi connectivity index (χ0) is 17.7. The number of ether oxygens (including phenoxy) is 3. The van der Waals surface area contributed by atoms with Crippen molar-refractivity contribution in [3.63, 3.8) is 0 Å². The lowest BCUT2D eigenvalue weighted by Gasteiger charge is -2.31. The second-order valence-corrected chi connectivity index (χ2v) is 6.86. The van der Waals surface area contributed by atoms with Gasteiger partial charge in [0.15, 0.2) is 11.5 Å². The van der Waals surface area contributed by atoms with Gasteiger partial charge in [-0.1, -0.05) is 18.2 Å². The van der Waals surface area contributed by atoms with Crippen LogP contribution >= 0.6 is 0 Å². The number of hydrogen-bond donors (Lipinski definition) is 2. The van der Waals surface area contributed by atoms with Crippen LogP contribution in [0.2, 0.25) is 0 Å². The largest absolute Gasteiger partial charge is 0.493 e. The molecule has 1 spiro atoms. The van der Waals surface area contributed by atoms with Crippen LogP contribution in [0.15, 0.2) is 36.4 Å². The smallest absolute Gasteiger partial charge is 0.237 e. The standard InChI is InChI=1S/C20H20N2O4/c1-24-15-10-12(11-16-17(15)26-9-8-25-16)18-20(6-7-21-18)13-4-2-3-5-14(13)22-19(20)23/h2-5,10-11,18,21H,6-9H2,1H3,(H,22,23)/t18-,20+/m0/s1. The quantitative estimate of drug-likeness (QED) is 0.869. The zero-order valence-electron chi connectivity index (χ0n) is 14.5. The summed E-state index contributed by atoms with van der Waals surface area (Å²) in [6.07, 6.45) is 0.747. The fourth-order valence-corrected chi connectivity index (χ4v) is 4.47. The highest BCUT2D eigenvalue weighted by atomic mass is 16.6. The molecule has 2 aromatic rings. The second-order valence-electron chi connectivity index (χ2n) is 6.86. The lowest BCUT2D eigenvalue weighted by Crippen LogP contribution is -2.39.